The third kappa shape index (κ3) is 3.24. The van der Waals surface area contributed by atoms with Gasteiger partial charge in [-0.1, -0.05) is 30.3 Å². The first-order chi connectivity index (χ1) is 10.0. The second-order valence-electron chi connectivity index (χ2n) is 4.85. The van der Waals surface area contributed by atoms with Crippen LogP contribution in [-0.2, 0) is 20.8 Å². The van der Waals surface area contributed by atoms with Crippen LogP contribution in [0.3, 0.4) is 0 Å². The molecule has 118 valence electrons. The summed E-state index contributed by atoms with van der Waals surface area (Å²) in [5, 5.41) is 38.8. The Morgan fingerprint density at radius 2 is 1.81 bits per heavy atom. The van der Waals surface area contributed by atoms with Gasteiger partial charge in [-0.2, -0.15) is 0 Å². The second kappa shape index (κ2) is 6.80. The highest BCUT2D eigenvalue weighted by atomic mass is 16.9. The molecule has 1 heterocycles. The van der Waals surface area contributed by atoms with Gasteiger partial charge in [0, 0.05) is 7.11 Å². The Bertz CT molecular complexity index is 438. The van der Waals surface area contributed by atoms with Gasteiger partial charge in [0.05, 0.1) is 13.2 Å². The van der Waals surface area contributed by atoms with Crippen LogP contribution in [0.25, 0.3) is 0 Å². The van der Waals surface area contributed by atoms with Crippen molar-refractivity contribution in [2.75, 3.05) is 13.7 Å². The quantitative estimate of drug-likeness (QED) is 0.515. The van der Waals surface area contributed by atoms with Crippen LogP contribution < -0.4 is 0 Å². The molecule has 0 amide bonds. The molecule has 7 nitrogen and oxygen atoms in total. The van der Waals surface area contributed by atoms with Crippen molar-refractivity contribution < 1.29 is 34.6 Å². The van der Waals surface area contributed by atoms with Crippen LogP contribution in [0.1, 0.15) is 5.56 Å². The SMILES string of the molecule is CO[C@@]1(OCc2ccccc2)O[C@H](CO)[C@@H](O)[C@H](O)[C@@H]1O. The molecule has 0 aromatic heterocycles. The zero-order valence-electron chi connectivity index (χ0n) is 11.6. The number of benzene rings is 1. The molecule has 1 aliphatic rings. The van der Waals surface area contributed by atoms with Gasteiger partial charge >= 0.3 is 5.97 Å². The van der Waals surface area contributed by atoms with Gasteiger partial charge in [0.15, 0.2) is 6.10 Å². The van der Waals surface area contributed by atoms with Gasteiger partial charge in [-0.05, 0) is 5.56 Å². The standard InChI is InChI=1S/C14H20O7/c1-19-14(20-8-9-5-3-2-4-6-9)13(18)12(17)11(16)10(7-15)21-14/h2-6,10-13,15-18H,7-8H2,1H3/t10-,11-,12+,13+,14+/m1/s1. The fourth-order valence-electron chi connectivity index (χ4n) is 2.22. The van der Waals surface area contributed by atoms with E-state index in [2.05, 4.69) is 0 Å². The Balaban J connectivity index is 2.14. The fraction of sp³-hybridized carbons (Fsp3) is 0.571. The Labute approximate surface area is 122 Å². The maximum absolute atomic E-state index is 10.1. The summed E-state index contributed by atoms with van der Waals surface area (Å²) in [4.78, 5) is 0. The lowest BCUT2D eigenvalue weighted by molar-refractivity contribution is -0.458. The molecule has 0 saturated carbocycles. The van der Waals surface area contributed by atoms with E-state index in [0.717, 1.165) is 5.56 Å². The molecular weight excluding hydrogens is 280 g/mol. The normalized spacial score (nSPS) is 36.6. The summed E-state index contributed by atoms with van der Waals surface area (Å²) in [5.74, 6) is -1.96. The van der Waals surface area contributed by atoms with Crippen LogP contribution >= 0.6 is 0 Å². The number of methoxy groups -OCH3 is 1. The maximum Gasteiger partial charge on any atom is 0.313 e. The summed E-state index contributed by atoms with van der Waals surface area (Å²) in [7, 11) is 1.24. The Morgan fingerprint density at radius 3 is 2.38 bits per heavy atom. The highest BCUT2D eigenvalue weighted by Crippen LogP contribution is 2.32. The van der Waals surface area contributed by atoms with E-state index in [1.54, 1.807) is 0 Å². The molecule has 1 aromatic carbocycles. The lowest BCUT2D eigenvalue weighted by Gasteiger charge is -2.46. The van der Waals surface area contributed by atoms with Crippen molar-refractivity contribution in [3.05, 3.63) is 35.9 Å². The van der Waals surface area contributed by atoms with Crippen LogP contribution in [0.2, 0.25) is 0 Å². The van der Waals surface area contributed by atoms with E-state index in [-0.39, 0.29) is 6.61 Å². The van der Waals surface area contributed by atoms with Crippen molar-refractivity contribution in [2.24, 2.45) is 0 Å². The van der Waals surface area contributed by atoms with Gasteiger partial charge in [-0.15, -0.1) is 0 Å². The predicted octanol–water partition coefficient (Wildman–Crippen LogP) is -1.02. The zero-order valence-corrected chi connectivity index (χ0v) is 11.6. The van der Waals surface area contributed by atoms with Gasteiger partial charge < -0.3 is 34.6 Å². The van der Waals surface area contributed by atoms with Crippen molar-refractivity contribution >= 4 is 0 Å². The molecule has 0 radical (unpaired) electrons. The van der Waals surface area contributed by atoms with Crippen LogP contribution in [0.4, 0.5) is 0 Å². The molecule has 4 N–H and O–H groups in total. The van der Waals surface area contributed by atoms with E-state index in [9.17, 15) is 20.4 Å². The third-order valence-corrected chi connectivity index (χ3v) is 3.48. The Hall–Kier alpha value is -1.06. The number of ether oxygens (including phenoxy) is 3. The first kappa shape index (κ1) is 16.3. The van der Waals surface area contributed by atoms with Crippen LogP contribution in [0.5, 0.6) is 0 Å². The third-order valence-electron chi connectivity index (χ3n) is 3.48. The largest absolute Gasteiger partial charge is 0.394 e. The summed E-state index contributed by atoms with van der Waals surface area (Å²) >= 11 is 0. The van der Waals surface area contributed by atoms with Gasteiger partial charge in [0.25, 0.3) is 0 Å². The minimum atomic E-state index is -1.96. The van der Waals surface area contributed by atoms with Crippen LogP contribution in [0, 0.1) is 0 Å². The average Bonchev–Trinajstić information content (AvgIpc) is 2.53. The first-order valence-corrected chi connectivity index (χ1v) is 6.60. The molecule has 0 spiro atoms. The van der Waals surface area contributed by atoms with Crippen molar-refractivity contribution in [2.45, 2.75) is 37.0 Å². The number of hydrogen-bond acceptors (Lipinski definition) is 7. The molecule has 5 atom stereocenters. The lowest BCUT2D eigenvalue weighted by Crippen LogP contribution is -2.66. The van der Waals surface area contributed by atoms with Crippen molar-refractivity contribution in [3.63, 3.8) is 0 Å². The maximum atomic E-state index is 10.1. The summed E-state index contributed by atoms with van der Waals surface area (Å²) in [6.45, 7) is -0.489. The van der Waals surface area contributed by atoms with E-state index in [1.165, 1.54) is 7.11 Å². The second-order valence-corrected chi connectivity index (χ2v) is 4.85. The summed E-state index contributed by atoms with van der Waals surface area (Å²) in [6, 6.07) is 9.13. The van der Waals surface area contributed by atoms with Gasteiger partial charge in [-0.25, -0.2) is 0 Å². The molecule has 2 rings (SSSR count). The van der Waals surface area contributed by atoms with E-state index in [4.69, 9.17) is 14.2 Å². The fourth-order valence-corrected chi connectivity index (χ4v) is 2.22. The predicted molar refractivity (Wildman–Crippen MR) is 71.0 cm³/mol. The number of aliphatic hydroxyl groups is 4. The van der Waals surface area contributed by atoms with Gasteiger partial charge in [-0.3, -0.25) is 0 Å². The molecule has 7 heteroatoms. The molecule has 0 aliphatic carbocycles. The van der Waals surface area contributed by atoms with E-state index < -0.39 is 37.0 Å². The highest BCUT2D eigenvalue weighted by Gasteiger charge is 2.55. The van der Waals surface area contributed by atoms with E-state index in [1.807, 2.05) is 30.3 Å². The molecule has 1 saturated heterocycles. The Kier molecular flexibility index (Phi) is 5.28. The number of rotatable bonds is 5. The highest BCUT2D eigenvalue weighted by molar-refractivity contribution is 5.13. The van der Waals surface area contributed by atoms with Gasteiger partial charge in [0.1, 0.15) is 18.3 Å². The number of hydrogen-bond donors (Lipinski definition) is 4. The molecule has 0 unspecified atom stereocenters. The molecule has 0 bridgehead atoms. The number of aliphatic hydroxyl groups excluding tert-OH is 4. The molecule has 1 aromatic rings. The van der Waals surface area contributed by atoms with Gasteiger partial charge in [0.2, 0.25) is 0 Å². The van der Waals surface area contributed by atoms with Crippen molar-refractivity contribution in [1.29, 1.82) is 0 Å². The van der Waals surface area contributed by atoms with E-state index >= 15 is 0 Å². The van der Waals surface area contributed by atoms with Crippen LogP contribution in [-0.4, -0.2) is 64.5 Å². The topological polar surface area (TPSA) is 109 Å². The van der Waals surface area contributed by atoms with Crippen LogP contribution in [0.15, 0.2) is 30.3 Å². The molecule has 21 heavy (non-hydrogen) atoms. The molecule has 1 aliphatic heterocycles. The summed E-state index contributed by atoms with van der Waals surface area (Å²) in [6.07, 6.45) is -5.75. The molecular formula is C14H20O7. The van der Waals surface area contributed by atoms with E-state index in [0.29, 0.717) is 0 Å². The Morgan fingerprint density at radius 1 is 1.14 bits per heavy atom. The molecule has 1 fully saturated rings. The first-order valence-electron chi connectivity index (χ1n) is 6.60. The zero-order chi connectivity index (χ0) is 15.5. The minimum absolute atomic E-state index is 0.0622. The summed E-state index contributed by atoms with van der Waals surface area (Å²) in [5.41, 5.74) is 0.811. The van der Waals surface area contributed by atoms with Crippen molar-refractivity contribution in [3.8, 4) is 0 Å². The minimum Gasteiger partial charge on any atom is -0.394 e. The lowest BCUT2D eigenvalue weighted by atomic mass is 9.97. The average molecular weight is 300 g/mol. The smallest absolute Gasteiger partial charge is 0.313 e. The monoisotopic (exact) mass is 300 g/mol. The van der Waals surface area contributed by atoms with Crippen molar-refractivity contribution in [1.82, 2.24) is 0 Å². The summed E-state index contributed by atoms with van der Waals surface area (Å²) < 4.78 is 15.9.